The van der Waals surface area contributed by atoms with E-state index in [-0.39, 0.29) is 21.4 Å². The summed E-state index contributed by atoms with van der Waals surface area (Å²) in [6.45, 7) is 1.64. The highest BCUT2D eigenvalue weighted by molar-refractivity contribution is 7.10. The van der Waals surface area contributed by atoms with Gasteiger partial charge in [0.1, 0.15) is 0 Å². The van der Waals surface area contributed by atoms with Crippen molar-refractivity contribution in [2.75, 3.05) is 6.61 Å². The van der Waals surface area contributed by atoms with Crippen molar-refractivity contribution in [2.45, 2.75) is 13.1 Å². The van der Waals surface area contributed by atoms with Gasteiger partial charge in [0.2, 0.25) is 16.0 Å². The van der Waals surface area contributed by atoms with Crippen LogP contribution in [0.4, 0.5) is 13.2 Å². The Labute approximate surface area is 142 Å². The molecule has 0 N–H and O–H groups in total. The average Bonchev–Trinajstić information content (AvgIpc) is 2.91. The van der Waals surface area contributed by atoms with Crippen LogP contribution >= 0.6 is 22.9 Å². The highest BCUT2D eigenvalue weighted by Gasteiger charge is 2.35. The van der Waals surface area contributed by atoms with E-state index in [1.54, 1.807) is 6.92 Å². The van der Waals surface area contributed by atoms with Gasteiger partial charge in [0.05, 0.1) is 17.9 Å². The molecule has 1 aromatic carbocycles. The summed E-state index contributed by atoms with van der Waals surface area (Å²) in [5.41, 5.74) is -1.48. The molecule has 2 rings (SSSR count). The van der Waals surface area contributed by atoms with E-state index in [2.05, 4.69) is 10.1 Å². The number of esters is 1. The number of alkyl halides is 3. The fourth-order valence-electron chi connectivity index (χ4n) is 1.75. The minimum Gasteiger partial charge on any atom is -0.461 e. The minimum atomic E-state index is -4.72. The van der Waals surface area contributed by atoms with E-state index in [4.69, 9.17) is 21.6 Å². The smallest absolute Gasteiger partial charge is 0.418 e. The number of ether oxygens (including phenoxy) is 1. The third-order valence-electron chi connectivity index (χ3n) is 2.65. The summed E-state index contributed by atoms with van der Waals surface area (Å²) in [5.74, 6) is -0.821. The van der Waals surface area contributed by atoms with Gasteiger partial charge in [0.25, 0.3) is 0 Å². The van der Waals surface area contributed by atoms with Crippen LogP contribution in [0.1, 0.15) is 22.3 Å². The number of aromatic nitrogens is 2. The fraction of sp³-hybridized carbons (Fsp3) is 0.231. The third-order valence-corrected chi connectivity index (χ3v) is 3.77. The first-order valence-corrected chi connectivity index (χ1v) is 7.54. The number of carbonyl (C=O) groups excluding carboxylic acids is 1. The van der Waals surface area contributed by atoms with Crippen molar-refractivity contribution >= 4 is 28.9 Å². The van der Waals surface area contributed by atoms with Gasteiger partial charge in [0, 0.05) is 5.02 Å². The Morgan fingerprint density at radius 1 is 1.54 bits per heavy atom. The van der Waals surface area contributed by atoms with Crippen LogP contribution in [-0.2, 0) is 10.9 Å². The molecule has 24 heavy (non-hydrogen) atoms. The number of benzene rings is 1. The van der Waals surface area contributed by atoms with Crippen LogP contribution in [0.25, 0.3) is 5.69 Å². The van der Waals surface area contributed by atoms with Crippen LogP contribution in [0.2, 0.25) is 5.02 Å². The van der Waals surface area contributed by atoms with Gasteiger partial charge in [-0.3, -0.25) is 0 Å². The summed E-state index contributed by atoms with van der Waals surface area (Å²) in [7, 11) is 0. The lowest BCUT2D eigenvalue weighted by Gasteiger charge is -2.12. The van der Waals surface area contributed by atoms with Gasteiger partial charge in [-0.2, -0.15) is 18.4 Å². The molecule has 11 heteroatoms. The fourth-order valence-corrected chi connectivity index (χ4v) is 2.67. The molecule has 0 saturated carbocycles. The maximum absolute atomic E-state index is 13.2. The second-order valence-electron chi connectivity index (χ2n) is 4.19. The molecule has 0 aliphatic carbocycles. The number of hydrogen-bond donors (Lipinski definition) is 0. The largest absolute Gasteiger partial charge is 0.461 e. The molecule has 0 amide bonds. The van der Waals surface area contributed by atoms with E-state index < -0.39 is 23.4 Å². The molecule has 0 atom stereocenters. The van der Waals surface area contributed by atoms with E-state index in [1.807, 2.05) is 0 Å². The van der Waals surface area contributed by atoms with Crippen molar-refractivity contribution in [1.29, 1.82) is 5.26 Å². The monoisotopic (exact) mass is 376 g/mol. The zero-order valence-electron chi connectivity index (χ0n) is 12.0. The van der Waals surface area contributed by atoms with Gasteiger partial charge in [-0.1, -0.05) is 22.9 Å². The van der Waals surface area contributed by atoms with Gasteiger partial charge >= 0.3 is 12.1 Å². The maximum Gasteiger partial charge on any atom is 0.418 e. The van der Waals surface area contributed by atoms with Gasteiger partial charge in [0.15, 0.2) is 0 Å². The summed E-state index contributed by atoms with van der Waals surface area (Å²) in [6, 6.07) is 3.04. The average molecular weight is 377 g/mol. The number of halogens is 4. The molecule has 0 aliphatic heterocycles. The molecule has 0 saturated heterocycles. The first kappa shape index (κ1) is 18.0. The summed E-state index contributed by atoms with van der Waals surface area (Å²) in [6.07, 6.45) is -3.25. The van der Waals surface area contributed by atoms with Gasteiger partial charge in [-0.25, -0.2) is 9.48 Å². The Morgan fingerprint density at radius 3 is 2.83 bits per heavy atom. The van der Waals surface area contributed by atoms with E-state index in [1.165, 1.54) is 12.3 Å². The summed E-state index contributed by atoms with van der Waals surface area (Å²) in [4.78, 5) is 14.9. The molecular formula is C13H8ClF3N4O2S. The summed E-state index contributed by atoms with van der Waals surface area (Å²) in [5, 5.41) is 12.2. The first-order valence-electron chi connectivity index (χ1n) is 6.35. The van der Waals surface area contributed by atoms with Gasteiger partial charge in [-0.05, 0) is 25.1 Å². The first-order chi connectivity index (χ1) is 11.3. The third kappa shape index (κ3) is 3.74. The van der Waals surface area contributed by atoms with Crippen molar-refractivity contribution in [2.24, 2.45) is 4.99 Å². The Balaban J connectivity index is 2.72. The van der Waals surface area contributed by atoms with E-state index >= 15 is 0 Å². The molecular weight excluding hydrogens is 369 g/mol. The number of carbonyl (C=O) groups is 1. The maximum atomic E-state index is 13.2. The molecule has 6 nitrogen and oxygen atoms in total. The topological polar surface area (TPSA) is 80.3 Å². The van der Waals surface area contributed by atoms with Crippen molar-refractivity contribution < 1.29 is 22.7 Å². The predicted octanol–water partition coefficient (Wildman–Crippen LogP) is 3.16. The standard InChI is InChI=1S/C13H8ClF3N4O2S/c1-2-23-11(22)10-20-21(12(24-10)19-6-18)9-4-3-7(14)5-8(9)13(15,16)17/h3-5H,2H2,1H3. The summed E-state index contributed by atoms with van der Waals surface area (Å²) < 4.78 is 45.2. The van der Waals surface area contributed by atoms with Crippen LogP contribution < -0.4 is 4.80 Å². The van der Waals surface area contributed by atoms with E-state index in [0.29, 0.717) is 11.3 Å². The number of hydrogen-bond acceptors (Lipinski definition) is 6. The normalized spacial score (nSPS) is 12.1. The van der Waals surface area contributed by atoms with Crippen LogP contribution in [0.5, 0.6) is 0 Å². The molecule has 126 valence electrons. The van der Waals surface area contributed by atoms with Crippen LogP contribution in [0.15, 0.2) is 23.2 Å². The van der Waals surface area contributed by atoms with Gasteiger partial charge < -0.3 is 4.74 Å². The Kier molecular flexibility index (Phi) is 5.26. The van der Waals surface area contributed by atoms with Crippen molar-refractivity contribution in [3.05, 3.63) is 38.6 Å². The highest BCUT2D eigenvalue weighted by Crippen LogP contribution is 2.35. The van der Waals surface area contributed by atoms with Crippen LogP contribution in [0.3, 0.4) is 0 Å². The zero-order valence-corrected chi connectivity index (χ0v) is 13.5. The SMILES string of the molecule is CCOC(=O)c1nn(-c2ccc(Cl)cc2C(F)(F)F)c(=NC#N)s1. The lowest BCUT2D eigenvalue weighted by atomic mass is 10.1. The molecule has 1 aromatic heterocycles. The Hall–Kier alpha value is -2.38. The van der Waals surface area contributed by atoms with Crippen LogP contribution in [-0.4, -0.2) is 22.4 Å². The number of nitriles is 1. The Bertz CT molecular complexity index is 883. The summed E-state index contributed by atoms with van der Waals surface area (Å²) >= 11 is 6.27. The highest BCUT2D eigenvalue weighted by atomic mass is 35.5. The molecule has 0 unspecified atom stereocenters. The minimum absolute atomic E-state index is 0.0673. The van der Waals surface area contributed by atoms with Crippen molar-refractivity contribution in [3.8, 4) is 11.9 Å². The van der Waals surface area contributed by atoms with Crippen LogP contribution in [0, 0.1) is 11.5 Å². The van der Waals surface area contributed by atoms with Gasteiger partial charge in [-0.15, -0.1) is 10.1 Å². The lowest BCUT2D eigenvalue weighted by Crippen LogP contribution is -2.19. The quantitative estimate of drug-likeness (QED) is 0.608. The van der Waals surface area contributed by atoms with E-state index in [0.717, 1.165) is 16.8 Å². The molecule has 0 spiro atoms. The zero-order chi connectivity index (χ0) is 17.9. The van der Waals surface area contributed by atoms with E-state index in [9.17, 15) is 18.0 Å². The molecule has 0 radical (unpaired) electrons. The van der Waals surface area contributed by atoms with Crippen molar-refractivity contribution in [1.82, 2.24) is 9.78 Å². The molecule has 0 fully saturated rings. The molecule has 0 bridgehead atoms. The second kappa shape index (κ2) is 7.02. The predicted molar refractivity (Wildman–Crippen MR) is 78.6 cm³/mol. The molecule has 1 heterocycles. The number of rotatable bonds is 3. The molecule has 2 aromatic rings. The van der Waals surface area contributed by atoms with Crippen molar-refractivity contribution in [3.63, 3.8) is 0 Å². The number of nitrogens with zero attached hydrogens (tertiary/aromatic N) is 4. The lowest BCUT2D eigenvalue weighted by molar-refractivity contribution is -0.137. The Morgan fingerprint density at radius 2 is 2.25 bits per heavy atom. The molecule has 0 aliphatic rings. The second-order valence-corrected chi connectivity index (χ2v) is 5.59.